The standard InChI is InChI=1S/C10H7N3O4S/c14-8(6-4-2-1-3-5-6)11-7-9(13(16)17)18-10(15)12-7/h1-5H,(H,11,14)(H,12,15). The van der Waals surface area contributed by atoms with E-state index in [1.807, 2.05) is 0 Å². The van der Waals surface area contributed by atoms with Gasteiger partial charge in [0.1, 0.15) is 0 Å². The minimum atomic E-state index is -0.710. The van der Waals surface area contributed by atoms with Crippen LogP contribution in [0.4, 0.5) is 10.8 Å². The zero-order valence-corrected chi connectivity index (χ0v) is 9.68. The molecule has 7 nitrogen and oxygen atoms in total. The molecule has 18 heavy (non-hydrogen) atoms. The molecular weight excluding hydrogens is 258 g/mol. The maximum atomic E-state index is 11.7. The molecule has 0 aliphatic heterocycles. The zero-order chi connectivity index (χ0) is 13.1. The van der Waals surface area contributed by atoms with E-state index in [0.29, 0.717) is 16.9 Å². The average molecular weight is 265 g/mol. The van der Waals surface area contributed by atoms with Crippen molar-refractivity contribution in [3.05, 3.63) is 46.0 Å². The van der Waals surface area contributed by atoms with Crippen LogP contribution in [0.15, 0.2) is 30.3 Å². The van der Waals surface area contributed by atoms with Gasteiger partial charge in [0.2, 0.25) is 5.82 Å². The van der Waals surface area contributed by atoms with E-state index in [0.717, 1.165) is 0 Å². The predicted octanol–water partition coefficient (Wildman–Crippen LogP) is 2.01. The molecule has 2 aromatic rings. The summed E-state index contributed by atoms with van der Waals surface area (Å²) >= 11 is 0.490. The Morgan fingerprint density at radius 1 is 1.39 bits per heavy atom. The van der Waals surface area contributed by atoms with Gasteiger partial charge in [0.05, 0.1) is 4.92 Å². The van der Waals surface area contributed by atoms with E-state index >= 15 is 0 Å². The first kappa shape index (κ1) is 12.0. The van der Waals surface area contributed by atoms with Gasteiger partial charge in [0.15, 0.2) is 0 Å². The lowest BCUT2D eigenvalue weighted by atomic mass is 10.2. The average Bonchev–Trinajstić information content (AvgIpc) is 2.71. The van der Waals surface area contributed by atoms with Crippen molar-refractivity contribution >= 4 is 28.1 Å². The third kappa shape index (κ3) is 2.43. The first-order valence-corrected chi connectivity index (χ1v) is 5.60. The molecular formula is C10H7N3O4S. The first-order valence-electron chi connectivity index (χ1n) is 4.78. The van der Waals surface area contributed by atoms with Gasteiger partial charge < -0.3 is 5.11 Å². The van der Waals surface area contributed by atoms with Gasteiger partial charge >= 0.3 is 5.00 Å². The predicted molar refractivity (Wildman–Crippen MR) is 64.8 cm³/mol. The van der Waals surface area contributed by atoms with E-state index < -0.39 is 21.0 Å². The highest BCUT2D eigenvalue weighted by atomic mass is 32.1. The van der Waals surface area contributed by atoms with Crippen molar-refractivity contribution in [2.75, 3.05) is 5.32 Å². The second kappa shape index (κ2) is 4.80. The van der Waals surface area contributed by atoms with Gasteiger partial charge in [-0.05, 0) is 23.5 Å². The van der Waals surface area contributed by atoms with Gasteiger partial charge in [-0.3, -0.25) is 20.2 Å². The molecule has 0 unspecified atom stereocenters. The largest absolute Gasteiger partial charge is 0.485 e. The molecule has 2 rings (SSSR count). The molecule has 0 bridgehead atoms. The van der Waals surface area contributed by atoms with E-state index in [1.165, 1.54) is 0 Å². The maximum absolute atomic E-state index is 11.7. The van der Waals surface area contributed by atoms with E-state index in [2.05, 4.69) is 10.3 Å². The van der Waals surface area contributed by atoms with E-state index in [-0.39, 0.29) is 5.82 Å². The first-order chi connectivity index (χ1) is 8.58. The number of nitro groups is 1. The molecule has 1 amide bonds. The summed E-state index contributed by atoms with van der Waals surface area (Å²) in [5, 5.41) is 21.2. The van der Waals surface area contributed by atoms with Crippen LogP contribution < -0.4 is 5.32 Å². The van der Waals surface area contributed by atoms with Crippen LogP contribution in [0.25, 0.3) is 0 Å². The molecule has 0 atom stereocenters. The SMILES string of the molecule is O=C(Nc1nc(O)sc1[N+](=O)[O-])c1ccccc1. The van der Waals surface area contributed by atoms with Crippen LogP contribution in [0.1, 0.15) is 10.4 Å². The number of amides is 1. The van der Waals surface area contributed by atoms with Crippen LogP contribution in [-0.2, 0) is 0 Å². The Bertz CT molecular complexity index is 596. The highest BCUT2D eigenvalue weighted by Crippen LogP contribution is 2.35. The Balaban J connectivity index is 2.25. The fourth-order valence-electron chi connectivity index (χ4n) is 1.28. The highest BCUT2D eigenvalue weighted by Gasteiger charge is 2.23. The number of aromatic nitrogens is 1. The quantitative estimate of drug-likeness (QED) is 0.652. The third-order valence-corrected chi connectivity index (χ3v) is 2.84. The molecule has 0 aliphatic carbocycles. The van der Waals surface area contributed by atoms with Crippen molar-refractivity contribution in [2.45, 2.75) is 0 Å². The minimum Gasteiger partial charge on any atom is -0.485 e. The van der Waals surface area contributed by atoms with Gasteiger partial charge in [-0.25, -0.2) is 0 Å². The summed E-state index contributed by atoms with van der Waals surface area (Å²) in [6.45, 7) is 0. The molecule has 1 heterocycles. The summed E-state index contributed by atoms with van der Waals surface area (Å²) in [5.74, 6) is -0.777. The smallest absolute Gasteiger partial charge is 0.371 e. The second-order valence-electron chi connectivity index (χ2n) is 3.23. The van der Waals surface area contributed by atoms with Crippen molar-refractivity contribution in [1.29, 1.82) is 0 Å². The number of rotatable bonds is 3. The lowest BCUT2D eigenvalue weighted by molar-refractivity contribution is -0.379. The van der Waals surface area contributed by atoms with Crippen molar-refractivity contribution in [3.8, 4) is 5.19 Å². The molecule has 8 heteroatoms. The topological polar surface area (TPSA) is 105 Å². The van der Waals surface area contributed by atoms with Crippen molar-refractivity contribution < 1.29 is 14.8 Å². The Morgan fingerprint density at radius 2 is 2.06 bits per heavy atom. The maximum Gasteiger partial charge on any atom is 0.371 e. The number of carbonyl (C=O) groups excluding carboxylic acids is 1. The van der Waals surface area contributed by atoms with Gasteiger partial charge in [0, 0.05) is 5.56 Å². The molecule has 92 valence electrons. The number of benzene rings is 1. The van der Waals surface area contributed by atoms with Gasteiger partial charge in [-0.2, -0.15) is 4.98 Å². The summed E-state index contributed by atoms with van der Waals surface area (Å²) in [5.41, 5.74) is 0.347. The van der Waals surface area contributed by atoms with Gasteiger partial charge in [-0.15, -0.1) is 0 Å². The van der Waals surface area contributed by atoms with Crippen molar-refractivity contribution in [1.82, 2.24) is 4.98 Å². The third-order valence-electron chi connectivity index (χ3n) is 2.03. The molecule has 2 N–H and O–H groups in total. The van der Waals surface area contributed by atoms with Crippen LogP contribution in [0.2, 0.25) is 0 Å². The zero-order valence-electron chi connectivity index (χ0n) is 8.86. The normalized spacial score (nSPS) is 10.0. The summed E-state index contributed by atoms with van der Waals surface area (Å²) in [6, 6.07) is 8.21. The number of nitrogens with one attached hydrogen (secondary N) is 1. The second-order valence-corrected chi connectivity index (χ2v) is 4.18. The number of hydrogen-bond donors (Lipinski definition) is 2. The molecule has 1 aromatic carbocycles. The molecule has 0 aliphatic rings. The number of thiazole rings is 1. The highest BCUT2D eigenvalue weighted by molar-refractivity contribution is 7.17. The summed E-state index contributed by atoms with van der Waals surface area (Å²) in [4.78, 5) is 25.2. The number of hydrogen-bond acceptors (Lipinski definition) is 6. The van der Waals surface area contributed by atoms with Crippen molar-refractivity contribution in [2.24, 2.45) is 0 Å². The van der Waals surface area contributed by atoms with Gasteiger partial charge in [-0.1, -0.05) is 18.2 Å². The summed E-state index contributed by atoms with van der Waals surface area (Å²) in [6.07, 6.45) is 0. The molecule has 0 spiro atoms. The Labute approximate surface area is 105 Å². The fourth-order valence-corrected chi connectivity index (χ4v) is 1.85. The van der Waals surface area contributed by atoms with Crippen LogP contribution in [-0.4, -0.2) is 20.9 Å². The molecule has 1 aromatic heterocycles. The van der Waals surface area contributed by atoms with Gasteiger partial charge in [0.25, 0.3) is 11.1 Å². The molecule has 0 saturated carbocycles. The number of carbonyl (C=O) groups is 1. The van der Waals surface area contributed by atoms with Crippen molar-refractivity contribution in [3.63, 3.8) is 0 Å². The Morgan fingerprint density at radius 3 is 2.67 bits per heavy atom. The number of anilines is 1. The summed E-state index contributed by atoms with van der Waals surface area (Å²) < 4.78 is 0. The van der Waals surface area contributed by atoms with E-state index in [1.54, 1.807) is 30.3 Å². The molecule has 0 fully saturated rings. The Kier molecular flexibility index (Phi) is 3.20. The van der Waals surface area contributed by atoms with Crippen LogP contribution in [0.3, 0.4) is 0 Å². The lowest BCUT2D eigenvalue weighted by Crippen LogP contribution is -2.12. The number of nitrogens with zero attached hydrogens (tertiary/aromatic N) is 2. The Hall–Kier alpha value is -2.48. The molecule has 0 saturated heterocycles. The number of aromatic hydroxyl groups is 1. The van der Waals surface area contributed by atoms with E-state index in [4.69, 9.17) is 5.11 Å². The van der Waals surface area contributed by atoms with Crippen LogP contribution in [0.5, 0.6) is 5.19 Å². The lowest BCUT2D eigenvalue weighted by Gasteiger charge is -2.00. The minimum absolute atomic E-state index is 0.253. The monoisotopic (exact) mass is 265 g/mol. The van der Waals surface area contributed by atoms with E-state index in [9.17, 15) is 14.9 Å². The van der Waals surface area contributed by atoms with Crippen LogP contribution >= 0.6 is 11.3 Å². The fraction of sp³-hybridized carbons (Fsp3) is 0. The van der Waals surface area contributed by atoms with Crippen LogP contribution in [0, 0.1) is 10.1 Å². The summed E-state index contributed by atoms with van der Waals surface area (Å²) in [7, 11) is 0. The molecule has 0 radical (unpaired) electrons.